The van der Waals surface area contributed by atoms with Crippen molar-refractivity contribution in [3.05, 3.63) is 59.1 Å². The van der Waals surface area contributed by atoms with E-state index in [1.54, 1.807) is 31.2 Å². The predicted molar refractivity (Wildman–Crippen MR) is 108 cm³/mol. The summed E-state index contributed by atoms with van der Waals surface area (Å²) in [5.41, 5.74) is 1.44. The fourth-order valence-electron chi connectivity index (χ4n) is 2.49. The van der Waals surface area contributed by atoms with Crippen LogP contribution in [-0.2, 0) is 14.8 Å². The van der Waals surface area contributed by atoms with Gasteiger partial charge in [0.05, 0.1) is 10.9 Å². The van der Waals surface area contributed by atoms with Crippen molar-refractivity contribution in [2.45, 2.75) is 30.8 Å². The zero-order valence-corrected chi connectivity index (χ0v) is 17.3. The first-order chi connectivity index (χ1) is 12.6. The highest BCUT2D eigenvalue weighted by Crippen LogP contribution is 2.19. The lowest BCUT2D eigenvalue weighted by atomic mass is 10.1. The third-order valence-electron chi connectivity index (χ3n) is 4.14. The number of anilines is 1. The maximum atomic E-state index is 12.5. The van der Waals surface area contributed by atoms with Gasteiger partial charge in [-0.3, -0.25) is 10.1 Å². The van der Waals surface area contributed by atoms with Crippen molar-refractivity contribution in [3.63, 3.8) is 0 Å². The maximum Gasteiger partial charge on any atom is 0.242 e. The van der Waals surface area contributed by atoms with Crippen molar-refractivity contribution in [2.24, 2.45) is 0 Å². The van der Waals surface area contributed by atoms with Crippen LogP contribution in [0.15, 0.2) is 53.4 Å². The van der Waals surface area contributed by atoms with E-state index in [9.17, 15) is 13.2 Å². The van der Waals surface area contributed by atoms with Crippen molar-refractivity contribution < 1.29 is 13.2 Å². The molecule has 0 aliphatic heterocycles. The lowest BCUT2D eigenvalue weighted by Gasteiger charge is -2.20. The maximum absolute atomic E-state index is 12.5. The van der Waals surface area contributed by atoms with Crippen LogP contribution < -0.4 is 10.6 Å². The number of carbonyl (C=O) groups is 1. The molecule has 27 heavy (non-hydrogen) atoms. The Morgan fingerprint density at radius 2 is 1.70 bits per heavy atom. The Morgan fingerprint density at radius 3 is 2.30 bits per heavy atom. The molecule has 0 aliphatic carbocycles. The molecule has 0 heterocycles. The molecule has 0 saturated heterocycles. The second-order valence-corrected chi connectivity index (χ2v) is 9.05. The predicted octanol–water partition coefficient (Wildman–Crippen LogP) is 3.27. The highest BCUT2D eigenvalue weighted by Gasteiger charge is 2.19. The molecule has 0 unspecified atom stereocenters. The second kappa shape index (κ2) is 8.84. The van der Waals surface area contributed by atoms with Gasteiger partial charge >= 0.3 is 0 Å². The van der Waals surface area contributed by atoms with Crippen LogP contribution in [0.5, 0.6) is 0 Å². The van der Waals surface area contributed by atoms with Crippen LogP contribution in [0.4, 0.5) is 5.69 Å². The number of halogens is 1. The summed E-state index contributed by atoms with van der Waals surface area (Å²) >= 11 is 5.90. The number of sulfonamides is 1. The number of carbonyl (C=O) groups excluding carboxylic acids is 1. The number of nitrogens with zero attached hydrogens (tertiary/aromatic N) is 1. The minimum Gasteiger partial charge on any atom is -0.325 e. The quantitative estimate of drug-likeness (QED) is 0.735. The highest BCUT2D eigenvalue weighted by atomic mass is 35.5. The number of amides is 1. The molecule has 0 aromatic heterocycles. The topological polar surface area (TPSA) is 78.5 Å². The van der Waals surface area contributed by atoms with E-state index in [0.717, 1.165) is 9.87 Å². The van der Waals surface area contributed by atoms with Gasteiger partial charge in [0.15, 0.2) is 0 Å². The average Bonchev–Trinajstić information content (AvgIpc) is 2.62. The van der Waals surface area contributed by atoms with Crippen molar-refractivity contribution in [1.29, 1.82) is 0 Å². The zero-order valence-electron chi connectivity index (χ0n) is 15.7. The normalized spacial score (nSPS) is 14.0. The van der Waals surface area contributed by atoms with Gasteiger partial charge in [-0.1, -0.05) is 29.8 Å². The molecular formula is C19H24ClN3O3S. The van der Waals surface area contributed by atoms with Crippen LogP contribution in [-0.4, -0.2) is 38.8 Å². The second-order valence-electron chi connectivity index (χ2n) is 6.47. The van der Waals surface area contributed by atoms with E-state index in [1.807, 2.05) is 19.1 Å². The largest absolute Gasteiger partial charge is 0.325 e. The number of hydrogen-bond donors (Lipinski definition) is 2. The summed E-state index contributed by atoms with van der Waals surface area (Å²) in [7, 11) is -0.632. The standard InChI is InChI=1S/C19H24ClN3O3S/c1-13(15-8-10-16(20)11-9-15)21-14(2)19(24)22-17-6-5-7-18(12-17)27(25,26)23(3)4/h5-14,21H,1-4H3,(H,22,24)/t13-,14-/m1/s1. The Hall–Kier alpha value is -1.93. The lowest BCUT2D eigenvalue weighted by molar-refractivity contribution is -0.117. The monoisotopic (exact) mass is 409 g/mol. The first-order valence-corrected chi connectivity index (χ1v) is 10.3. The van der Waals surface area contributed by atoms with E-state index >= 15 is 0 Å². The van der Waals surface area contributed by atoms with Gasteiger partial charge in [-0.05, 0) is 49.7 Å². The molecular weight excluding hydrogens is 386 g/mol. The number of nitrogens with one attached hydrogen (secondary N) is 2. The zero-order chi connectivity index (χ0) is 20.2. The summed E-state index contributed by atoms with van der Waals surface area (Å²) in [5, 5.41) is 6.63. The summed E-state index contributed by atoms with van der Waals surface area (Å²) in [6.45, 7) is 3.71. The van der Waals surface area contributed by atoms with E-state index in [4.69, 9.17) is 11.6 Å². The van der Waals surface area contributed by atoms with Crippen LogP contribution in [0.25, 0.3) is 0 Å². The molecule has 146 valence electrons. The van der Waals surface area contributed by atoms with Gasteiger partial charge in [0.2, 0.25) is 15.9 Å². The van der Waals surface area contributed by atoms with Crippen LogP contribution in [0.3, 0.4) is 0 Å². The smallest absolute Gasteiger partial charge is 0.242 e. The van der Waals surface area contributed by atoms with Gasteiger partial charge in [0.1, 0.15) is 0 Å². The summed E-state index contributed by atoms with van der Waals surface area (Å²) in [6.07, 6.45) is 0. The van der Waals surface area contributed by atoms with Crippen LogP contribution >= 0.6 is 11.6 Å². The summed E-state index contributed by atoms with van der Waals surface area (Å²) < 4.78 is 25.6. The van der Waals surface area contributed by atoms with Gasteiger partial charge in [-0.2, -0.15) is 0 Å². The minimum absolute atomic E-state index is 0.0523. The summed E-state index contributed by atoms with van der Waals surface area (Å²) in [6, 6.07) is 13.1. The van der Waals surface area contributed by atoms with E-state index < -0.39 is 16.1 Å². The van der Waals surface area contributed by atoms with Gasteiger partial charge < -0.3 is 5.32 Å². The molecule has 0 radical (unpaired) electrons. The van der Waals surface area contributed by atoms with Gasteiger partial charge in [0, 0.05) is 30.8 Å². The molecule has 2 aromatic carbocycles. The fourth-order valence-corrected chi connectivity index (χ4v) is 3.57. The van der Waals surface area contributed by atoms with Crippen molar-refractivity contribution in [1.82, 2.24) is 9.62 Å². The van der Waals surface area contributed by atoms with Crippen molar-refractivity contribution >= 4 is 33.2 Å². The number of rotatable bonds is 7. The van der Waals surface area contributed by atoms with Crippen LogP contribution in [0.2, 0.25) is 5.02 Å². The first-order valence-electron chi connectivity index (χ1n) is 8.46. The SMILES string of the molecule is C[C@@H](N[C@H](C)c1ccc(Cl)cc1)C(=O)Nc1cccc(S(=O)(=O)N(C)C)c1. The Morgan fingerprint density at radius 1 is 1.07 bits per heavy atom. The van der Waals surface area contributed by atoms with Gasteiger partial charge in [0.25, 0.3) is 0 Å². The fraction of sp³-hybridized carbons (Fsp3) is 0.316. The van der Waals surface area contributed by atoms with Crippen molar-refractivity contribution in [3.8, 4) is 0 Å². The average molecular weight is 410 g/mol. The van der Waals surface area contributed by atoms with Crippen LogP contribution in [0.1, 0.15) is 25.5 Å². The molecule has 0 fully saturated rings. The molecule has 2 rings (SSSR count). The molecule has 0 spiro atoms. The van der Waals surface area contributed by atoms with E-state index in [0.29, 0.717) is 10.7 Å². The highest BCUT2D eigenvalue weighted by molar-refractivity contribution is 7.89. The van der Waals surface area contributed by atoms with Gasteiger partial charge in [-0.25, -0.2) is 12.7 Å². The molecule has 2 aromatic rings. The summed E-state index contributed by atoms with van der Waals surface area (Å²) in [5.74, 6) is -0.254. The van der Waals surface area contributed by atoms with Gasteiger partial charge in [-0.15, -0.1) is 0 Å². The minimum atomic E-state index is -3.56. The molecule has 0 saturated carbocycles. The lowest BCUT2D eigenvalue weighted by Crippen LogP contribution is -2.39. The van der Waals surface area contributed by atoms with E-state index in [2.05, 4.69) is 10.6 Å². The third kappa shape index (κ3) is 5.52. The summed E-state index contributed by atoms with van der Waals surface area (Å²) in [4.78, 5) is 12.6. The Labute approximate surface area is 165 Å². The molecule has 8 heteroatoms. The van der Waals surface area contributed by atoms with E-state index in [-0.39, 0.29) is 16.8 Å². The van der Waals surface area contributed by atoms with Crippen molar-refractivity contribution in [2.75, 3.05) is 19.4 Å². The van der Waals surface area contributed by atoms with E-state index in [1.165, 1.54) is 26.2 Å². The Bertz CT molecular complexity index is 899. The Balaban J connectivity index is 2.05. The third-order valence-corrected chi connectivity index (χ3v) is 6.21. The Kier molecular flexibility index (Phi) is 7.00. The molecule has 2 atom stereocenters. The van der Waals surface area contributed by atoms with Crippen LogP contribution in [0, 0.1) is 0 Å². The number of benzene rings is 2. The first kappa shape index (κ1) is 21.4. The molecule has 6 nitrogen and oxygen atoms in total. The molecule has 2 N–H and O–H groups in total. The molecule has 0 aliphatic rings. The molecule has 0 bridgehead atoms. The number of hydrogen-bond acceptors (Lipinski definition) is 4. The molecule has 1 amide bonds.